The number of hydrogen-bond acceptors (Lipinski definition) is 5. The number of nitrogens with zero attached hydrogens (tertiary/aromatic N) is 2. The van der Waals surface area contributed by atoms with Crippen molar-refractivity contribution in [1.82, 2.24) is 9.97 Å². The highest BCUT2D eigenvalue weighted by Crippen LogP contribution is 2.35. The maximum atomic E-state index is 11.2. The number of aromatic nitrogens is 2. The van der Waals surface area contributed by atoms with Crippen LogP contribution in [0.2, 0.25) is 0 Å². The number of rotatable bonds is 3. The molecule has 6 heteroatoms. The van der Waals surface area contributed by atoms with Gasteiger partial charge in [0.2, 0.25) is 0 Å². The molecule has 0 saturated heterocycles. The predicted molar refractivity (Wildman–Crippen MR) is 93.0 cm³/mol. The van der Waals surface area contributed by atoms with Gasteiger partial charge in [-0.3, -0.25) is 0 Å². The number of hydrogen-bond donors (Lipinski definition) is 2. The van der Waals surface area contributed by atoms with Crippen LogP contribution in [0.1, 0.15) is 32.2 Å². The maximum Gasteiger partial charge on any atom is 0.335 e. The van der Waals surface area contributed by atoms with Crippen LogP contribution in [-0.4, -0.2) is 21.0 Å². The largest absolute Gasteiger partial charge is 0.478 e. The van der Waals surface area contributed by atoms with Crippen molar-refractivity contribution < 1.29 is 9.90 Å². The first-order valence-corrected chi connectivity index (χ1v) is 8.03. The van der Waals surface area contributed by atoms with Gasteiger partial charge in [0.25, 0.3) is 0 Å². The number of aromatic carboxylic acids is 1. The highest BCUT2D eigenvalue weighted by atomic mass is 32.1. The van der Waals surface area contributed by atoms with Gasteiger partial charge in [-0.15, -0.1) is 11.3 Å². The van der Waals surface area contributed by atoms with E-state index in [0.717, 1.165) is 32.8 Å². The molecule has 0 aliphatic carbocycles. The lowest BCUT2D eigenvalue weighted by atomic mass is 10.1. The lowest BCUT2D eigenvalue weighted by Gasteiger charge is -2.12. The van der Waals surface area contributed by atoms with Crippen LogP contribution in [0.15, 0.2) is 18.2 Å². The Hall–Kier alpha value is -2.47. The zero-order chi connectivity index (χ0) is 16.7. The Morgan fingerprint density at radius 2 is 1.91 bits per heavy atom. The summed E-state index contributed by atoms with van der Waals surface area (Å²) in [6.07, 6.45) is 0. The van der Waals surface area contributed by atoms with Gasteiger partial charge in [-0.05, 0) is 51.0 Å². The predicted octanol–water partition coefficient (Wildman–Crippen LogP) is 4.37. The van der Waals surface area contributed by atoms with Gasteiger partial charge in [-0.1, -0.05) is 6.07 Å². The molecule has 0 atom stereocenters. The molecule has 0 amide bonds. The molecule has 0 aliphatic rings. The summed E-state index contributed by atoms with van der Waals surface area (Å²) in [5.41, 5.74) is 3.11. The van der Waals surface area contributed by atoms with Crippen LogP contribution in [0, 0.1) is 27.7 Å². The Morgan fingerprint density at radius 1 is 1.17 bits per heavy atom. The second kappa shape index (κ2) is 5.62. The fraction of sp³-hybridized carbons (Fsp3) is 0.235. The first-order valence-electron chi connectivity index (χ1n) is 7.22. The van der Waals surface area contributed by atoms with Crippen molar-refractivity contribution in [2.75, 3.05) is 5.32 Å². The Kier molecular flexibility index (Phi) is 3.77. The van der Waals surface area contributed by atoms with Gasteiger partial charge in [-0.25, -0.2) is 14.8 Å². The minimum atomic E-state index is -0.945. The number of nitrogens with one attached hydrogen (secondary N) is 1. The summed E-state index contributed by atoms with van der Waals surface area (Å²) >= 11 is 1.64. The van der Waals surface area contributed by atoms with Gasteiger partial charge < -0.3 is 10.4 Å². The summed E-state index contributed by atoms with van der Waals surface area (Å²) in [5.74, 6) is 0.466. The van der Waals surface area contributed by atoms with Crippen molar-refractivity contribution in [1.29, 1.82) is 0 Å². The van der Waals surface area contributed by atoms with Crippen LogP contribution in [0.3, 0.4) is 0 Å². The molecule has 23 heavy (non-hydrogen) atoms. The summed E-state index contributed by atoms with van der Waals surface area (Å²) in [6, 6.07) is 5.03. The van der Waals surface area contributed by atoms with Crippen molar-refractivity contribution >= 4 is 39.0 Å². The normalized spacial score (nSPS) is 11.0. The number of carboxylic acid groups (broad SMARTS) is 1. The highest BCUT2D eigenvalue weighted by molar-refractivity contribution is 7.18. The van der Waals surface area contributed by atoms with Crippen LogP contribution in [0.4, 0.5) is 11.5 Å². The average Bonchev–Trinajstić information content (AvgIpc) is 2.75. The van der Waals surface area contributed by atoms with Gasteiger partial charge in [-0.2, -0.15) is 0 Å². The van der Waals surface area contributed by atoms with E-state index in [1.54, 1.807) is 29.5 Å². The van der Waals surface area contributed by atoms with E-state index in [9.17, 15) is 9.90 Å². The third-order valence-electron chi connectivity index (χ3n) is 3.88. The van der Waals surface area contributed by atoms with Crippen molar-refractivity contribution in [3.05, 3.63) is 45.6 Å². The topological polar surface area (TPSA) is 75.1 Å². The first-order chi connectivity index (χ1) is 10.9. The molecule has 0 radical (unpaired) electrons. The second-order valence-corrected chi connectivity index (χ2v) is 6.75. The molecule has 1 aromatic carbocycles. The molecule has 2 heterocycles. The van der Waals surface area contributed by atoms with Crippen molar-refractivity contribution in [3.63, 3.8) is 0 Å². The van der Waals surface area contributed by atoms with Crippen LogP contribution in [0.5, 0.6) is 0 Å². The van der Waals surface area contributed by atoms with Gasteiger partial charge in [0, 0.05) is 10.6 Å². The number of carboxylic acids is 1. The number of fused-ring (bicyclic) bond motifs is 1. The third-order valence-corrected chi connectivity index (χ3v) is 4.98. The number of carbonyl (C=O) groups is 1. The van der Waals surface area contributed by atoms with Crippen molar-refractivity contribution in [3.8, 4) is 0 Å². The zero-order valence-corrected chi connectivity index (χ0v) is 14.2. The molecule has 2 aromatic heterocycles. The molecule has 0 unspecified atom stereocenters. The SMILES string of the molecule is Cc1nc(Nc2cc(C(=O)O)ccc2C)c2c(C)c(C)sc2n1. The number of thiophene rings is 1. The number of aryl methyl sites for hydroxylation is 4. The average molecular weight is 327 g/mol. The lowest BCUT2D eigenvalue weighted by molar-refractivity contribution is 0.0697. The highest BCUT2D eigenvalue weighted by Gasteiger charge is 2.15. The summed E-state index contributed by atoms with van der Waals surface area (Å²) < 4.78 is 0. The zero-order valence-electron chi connectivity index (χ0n) is 13.4. The van der Waals surface area contributed by atoms with Gasteiger partial charge in [0.05, 0.1) is 10.9 Å². The molecule has 2 N–H and O–H groups in total. The van der Waals surface area contributed by atoms with Gasteiger partial charge >= 0.3 is 5.97 Å². The first kappa shape index (κ1) is 15.4. The molecule has 0 bridgehead atoms. The van der Waals surface area contributed by atoms with Crippen LogP contribution in [-0.2, 0) is 0 Å². The maximum absolute atomic E-state index is 11.2. The molecule has 5 nitrogen and oxygen atoms in total. The summed E-state index contributed by atoms with van der Waals surface area (Å²) in [5, 5.41) is 13.5. The van der Waals surface area contributed by atoms with E-state index in [1.165, 1.54) is 4.88 Å². The van der Waals surface area contributed by atoms with Gasteiger partial charge in [0.1, 0.15) is 16.5 Å². The molecular weight excluding hydrogens is 310 g/mol. The molecule has 0 saturated carbocycles. The lowest BCUT2D eigenvalue weighted by Crippen LogP contribution is -2.02. The minimum absolute atomic E-state index is 0.248. The molecule has 0 aliphatic heterocycles. The molecule has 0 spiro atoms. The molecule has 118 valence electrons. The molecule has 0 fully saturated rings. The molecule has 3 rings (SSSR count). The Balaban J connectivity index is 2.15. The summed E-state index contributed by atoms with van der Waals surface area (Å²) in [6.45, 7) is 7.91. The van der Waals surface area contributed by atoms with E-state index in [-0.39, 0.29) is 5.56 Å². The van der Waals surface area contributed by atoms with E-state index < -0.39 is 5.97 Å². The van der Waals surface area contributed by atoms with E-state index >= 15 is 0 Å². The number of benzene rings is 1. The molecule has 3 aromatic rings. The quantitative estimate of drug-likeness (QED) is 0.747. The van der Waals surface area contributed by atoms with Gasteiger partial charge in [0.15, 0.2) is 0 Å². The van der Waals surface area contributed by atoms with Crippen LogP contribution < -0.4 is 5.32 Å². The third kappa shape index (κ3) is 2.77. The number of anilines is 2. The second-order valence-electron chi connectivity index (χ2n) is 5.54. The van der Waals surface area contributed by atoms with E-state index in [4.69, 9.17) is 0 Å². The fourth-order valence-corrected chi connectivity index (χ4v) is 3.54. The van der Waals surface area contributed by atoms with Crippen LogP contribution in [0.25, 0.3) is 10.2 Å². The standard InChI is InChI=1S/C17H17N3O2S/c1-8-5-6-12(17(21)22)7-13(8)20-15-14-9(2)10(3)23-16(14)19-11(4)18-15/h5-7H,1-4H3,(H,21,22)(H,18,19,20). The summed E-state index contributed by atoms with van der Waals surface area (Å²) in [7, 11) is 0. The fourth-order valence-electron chi connectivity index (χ4n) is 2.46. The van der Waals surface area contributed by atoms with Crippen molar-refractivity contribution in [2.24, 2.45) is 0 Å². The monoisotopic (exact) mass is 327 g/mol. The van der Waals surface area contributed by atoms with Crippen molar-refractivity contribution in [2.45, 2.75) is 27.7 Å². The molecular formula is C17H17N3O2S. The van der Waals surface area contributed by atoms with E-state index in [1.807, 2.05) is 13.8 Å². The Labute approximate surface area is 138 Å². The minimum Gasteiger partial charge on any atom is -0.478 e. The van der Waals surface area contributed by atoms with Crippen LogP contribution >= 0.6 is 11.3 Å². The Morgan fingerprint density at radius 3 is 2.61 bits per heavy atom. The van der Waals surface area contributed by atoms with E-state index in [2.05, 4.69) is 29.1 Å². The van der Waals surface area contributed by atoms with E-state index in [0.29, 0.717) is 5.82 Å². The summed E-state index contributed by atoms with van der Waals surface area (Å²) in [4.78, 5) is 22.4. The smallest absolute Gasteiger partial charge is 0.335 e. The Bertz CT molecular complexity index is 931.